The standard InChI is InChI=1S/C6H10O2/c1-3-6(8-2)4-5-7/h7H,1,4-5H2,2H3. The first-order chi connectivity index (χ1) is 3.85. The number of hydrogen-bond acceptors (Lipinski definition) is 2. The molecule has 0 atom stereocenters. The van der Waals surface area contributed by atoms with E-state index in [0.717, 1.165) is 0 Å². The van der Waals surface area contributed by atoms with Gasteiger partial charge in [0, 0.05) is 6.42 Å². The Kier molecular flexibility index (Phi) is 4.04. The van der Waals surface area contributed by atoms with E-state index in [4.69, 9.17) is 9.84 Å². The molecule has 0 rings (SSSR count). The third-order valence-electron chi connectivity index (χ3n) is 0.782. The summed E-state index contributed by atoms with van der Waals surface area (Å²) in [5.74, 6) is 0.604. The molecule has 0 aliphatic heterocycles. The molecule has 0 aromatic heterocycles. The van der Waals surface area contributed by atoms with Crippen molar-refractivity contribution in [3.8, 4) is 0 Å². The first kappa shape index (κ1) is 7.28. The van der Waals surface area contributed by atoms with Crippen LogP contribution in [0.5, 0.6) is 0 Å². The number of ether oxygens (including phenoxy) is 1. The maximum atomic E-state index is 8.33. The highest BCUT2D eigenvalue weighted by atomic mass is 16.5. The molecule has 0 amide bonds. The largest absolute Gasteiger partial charge is 0.493 e. The van der Waals surface area contributed by atoms with E-state index < -0.39 is 0 Å². The fraction of sp³-hybridized carbons (Fsp3) is 0.500. The topological polar surface area (TPSA) is 29.5 Å². The Hall–Kier alpha value is -0.720. The maximum Gasteiger partial charge on any atom is 0.139 e. The Morgan fingerprint density at radius 3 is 2.62 bits per heavy atom. The highest BCUT2D eigenvalue weighted by molar-refractivity contribution is 4.87. The predicted octanol–water partition coefficient (Wildman–Crippen LogP) is 0.684. The van der Waals surface area contributed by atoms with Crippen molar-refractivity contribution in [2.75, 3.05) is 13.7 Å². The number of methoxy groups -OCH3 is 1. The lowest BCUT2D eigenvalue weighted by Gasteiger charge is -1.97. The Morgan fingerprint density at radius 2 is 2.50 bits per heavy atom. The molecule has 0 aromatic rings. The SMILES string of the molecule is C=C=C(CCO)OC. The molecule has 0 unspecified atom stereocenters. The minimum Gasteiger partial charge on any atom is -0.493 e. The van der Waals surface area contributed by atoms with Crippen molar-refractivity contribution in [1.29, 1.82) is 0 Å². The first-order valence-corrected chi connectivity index (χ1v) is 2.39. The van der Waals surface area contributed by atoms with E-state index in [1.54, 1.807) is 0 Å². The molecule has 0 bridgehead atoms. The summed E-state index contributed by atoms with van der Waals surface area (Å²) in [6, 6.07) is 0. The van der Waals surface area contributed by atoms with Crippen LogP contribution in [0.3, 0.4) is 0 Å². The van der Waals surface area contributed by atoms with Gasteiger partial charge in [0.15, 0.2) is 0 Å². The minimum absolute atomic E-state index is 0.0890. The highest BCUT2D eigenvalue weighted by Gasteiger charge is 1.88. The monoisotopic (exact) mass is 114 g/mol. The van der Waals surface area contributed by atoms with Gasteiger partial charge in [0.2, 0.25) is 0 Å². The lowest BCUT2D eigenvalue weighted by Crippen LogP contribution is -1.88. The van der Waals surface area contributed by atoms with E-state index in [1.807, 2.05) is 0 Å². The quantitative estimate of drug-likeness (QED) is 0.432. The minimum atomic E-state index is 0.0890. The summed E-state index contributed by atoms with van der Waals surface area (Å²) in [5.41, 5.74) is 2.54. The van der Waals surface area contributed by atoms with Crippen molar-refractivity contribution in [3.05, 3.63) is 18.1 Å². The summed E-state index contributed by atoms with van der Waals surface area (Å²) in [7, 11) is 1.53. The summed E-state index contributed by atoms with van der Waals surface area (Å²) in [5, 5.41) is 8.33. The Balaban J connectivity index is 3.55. The van der Waals surface area contributed by atoms with Gasteiger partial charge in [0.1, 0.15) is 5.76 Å². The van der Waals surface area contributed by atoms with Gasteiger partial charge >= 0.3 is 0 Å². The van der Waals surface area contributed by atoms with Crippen LogP contribution in [-0.4, -0.2) is 18.8 Å². The number of hydrogen-bond donors (Lipinski definition) is 1. The van der Waals surface area contributed by atoms with Gasteiger partial charge in [-0.05, 0) is 0 Å². The summed E-state index contributed by atoms with van der Waals surface area (Å²) < 4.78 is 4.72. The number of rotatable bonds is 3. The van der Waals surface area contributed by atoms with E-state index in [0.29, 0.717) is 12.2 Å². The maximum absolute atomic E-state index is 8.33. The predicted molar refractivity (Wildman–Crippen MR) is 31.4 cm³/mol. The molecule has 0 heterocycles. The molecular formula is C6H10O2. The van der Waals surface area contributed by atoms with Crippen molar-refractivity contribution < 1.29 is 9.84 Å². The van der Waals surface area contributed by atoms with Crippen LogP contribution >= 0.6 is 0 Å². The van der Waals surface area contributed by atoms with Crippen LogP contribution in [0.1, 0.15) is 6.42 Å². The zero-order valence-corrected chi connectivity index (χ0v) is 4.98. The van der Waals surface area contributed by atoms with Crippen molar-refractivity contribution in [3.63, 3.8) is 0 Å². The highest BCUT2D eigenvalue weighted by Crippen LogP contribution is 1.95. The van der Waals surface area contributed by atoms with Crippen LogP contribution in [0, 0.1) is 0 Å². The molecule has 8 heavy (non-hydrogen) atoms. The van der Waals surface area contributed by atoms with Gasteiger partial charge in [-0.1, -0.05) is 12.3 Å². The lowest BCUT2D eigenvalue weighted by atomic mass is 10.4. The number of aliphatic hydroxyl groups excluding tert-OH is 1. The van der Waals surface area contributed by atoms with Crippen molar-refractivity contribution in [2.45, 2.75) is 6.42 Å². The summed E-state index contributed by atoms with van der Waals surface area (Å²) in [4.78, 5) is 0. The molecule has 0 radical (unpaired) electrons. The van der Waals surface area contributed by atoms with Crippen LogP contribution in [-0.2, 0) is 4.74 Å². The van der Waals surface area contributed by atoms with Gasteiger partial charge < -0.3 is 9.84 Å². The normalized spacial score (nSPS) is 7.75. The smallest absolute Gasteiger partial charge is 0.139 e. The lowest BCUT2D eigenvalue weighted by molar-refractivity contribution is 0.232. The van der Waals surface area contributed by atoms with E-state index >= 15 is 0 Å². The molecule has 0 fully saturated rings. The zero-order chi connectivity index (χ0) is 6.41. The van der Waals surface area contributed by atoms with E-state index in [9.17, 15) is 0 Å². The summed E-state index contributed by atoms with van der Waals surface area (Å²) >= 11 is 0. The van der Waals surface area contributed by atoms with Crippen molar-refractivity contribution in [2.24, 2.45) is 0 Å². The fourth-order valence-electron chi connectivity index (χ4n) is 0.364. The van der Waals surface area contributed by atoms with Gasteiger partial charge in [-0.3, -0.25) is 0 Å². The van der Waals surface area contributed by atoms with Crippen molar-refractivity contribution in [1.82, 2.24) is 0 Å². The van der Waals surface area contributed by atoms with E-state index in [-0.39, 0.29) is 6.61 Å². The van der Waals surface area contributed by atoms with Gasteiger partial charge in [0.25, 0.3) is 0 Å². The average Bonchev–Trinajstić information content (AvgIpc) is 1.83. The molecule has 2 heteroatoms. The second-order valence-electron chi connectivity index (χ2n) is 1.28. The second-order valence-corrected chi connectivity index (χ2v) is 1.28. The van der Waals surface area contributed by atoms with E-state index in [1.165, 1.54) is 7.11 Å². The molecule has 46 valence electrons. The van der Waals surface area contributed by atoms with Gasteiger partial charge in [-0.15, -0.1) is 0 Å². The third-order valence-corrected chi connectivity index (χ3v) is 0.782. The molecule has 0 saturated heterocycles. The molecular weight excluding hydrogens is 104 g/mol. The molecule has 2 nitrogen and oxygen atoms in total. The molecule has 0 aromatic carbocycles. The Morgan fingerprint density at radius 1 is 1.88 bits per heavy atom. The number of aliphatic hydroxyl groups is 1. The molecule has 1 N–H and O–H groups in total. The summed E-state index contributed by atoms with van der Waals surface area (Å²) in [6.07, 6.45) is 0.500. The molecule has 0 aliphatic rings. The van der Waals surface area contributed by atoms with Gasteiger partial charge in [-0.25, -0.2) is 0 Å². The van der Waals surface area contributed by atoms with Crippen LogP contribution in [0.15, 0.2) is 18.1 Å². The zero-order valence-electron chi connectivity index (χ0n) is 4.98. The molecule has 0 spiro atoms. The first-order valence-electron chi connectivity index (χ1n) is 2.39. The van der Waals surface area contributed by atoms with Crippen LogP contribution in [0.25, 0.3) is 0 Å². The van der Waals surface area contributed by atoms with Crippen LogP contribution in [0.4, 0.5) is 0 Å². The second kappa shape index (κ2) is 4.44. The third kappa shape index (κ3) is 2.45. The van der Waals surface area contributed by atoms with Crippen LogP contribution in [0.2, 0.25) is 0 Å². The summed E-state index contributed by atoms with van der Waals surface area (Å²) in [6.45, 7) is 3.44. The Bertz CT molecular complexity index is 101. The van der Waals surface area contributed by atoms with E-state index in [2.05, 4.69) is 12.3 Å². The van der Waals surface area contributed by atoms with Gasteiger partial charge in [-0.2, -0.15) is 0 Å². The fourth-order valence-corrected chi connectivity index (χ4v) is 0.364. The molecule has 0 aliphatic carbocycles. The molecule has 0 saturated carbocycles. The Labute approximate surface area is 49.1 Å². The average molecular weight is 114 g/mol. The van der Waals surface area contributed by atoms with Gasteiger partial charge in [0.05, 0.1) is 13.7 Å². The van der Waals surface area contributed by atoms with Crippen molar-refractivity contribution >= 4 is 0 Å². The van der Waals surface area contributed by atoms with Crippen LogP contribution < -0.4 is 0 Å².